The minimum Gasteiger partial charge on any atom is -0.455 e. The van der Waals surface area contributed by atoms with Crippen LogP contribution in [0.1, 0.15) is 34.1 Å². The van der Waals surface area contributed by atoms with Crippen LogP contribution in [0.2, 0.25) is 0 Å². The first-order valence-corrected chi connectivity index (χ1v) is 5.75. The fourth-order valence-electron chi connectivity index (χ4n) is 1.37. The van der Waals surface area contributed by atoms with Gasteiger partial charge in [-0.2, -0.15) is 13.2 Å². The molecule has 1 aliphatic rings. The summed E-state index contributed by atoms with van der Waals surface area (Å²) in [5, 5.41) is 0. The third-order valence-corrected chi connectivity index (χ3v) is 2.14. The van der Waals surface area contributed by atoms with Crippen molar-refractivity contribution in [3.05, 3.63) is 23.4 Å². The van der Waals surface area contributed by atoms with Crippen LogP contribution in [-0.2, 0) is 9.53 Å². The van der Waals surface area contributed by atoms with Crippen molar-refractivity contribution in [1.29, 1.82) is 0 Å². The highest BCUT2D eigenvalue weighted by Gasteiger charge is 2.35. The Bertz CT molecular complexity index is 465. The van der Waals surface area contributed by atoms with Gasteiger partial charge in [0.05, 0.1) is 0 Å². The van der Waals surface area contributed by atoms with Crippen molar-refractivity contribution in [3.63, 3.8) is 0 Å². The van der Waals surface area contributed by atoms with Crippen LogP contribution in [0.5, 0.6) is 0 Å². The molecule has 3 nitrogen and oxygen atoms in total. The zero-order valence-corrected chi connectivity index (χ0v) is 11.3. The Morgan fingerprint density at radius 1 is 1.32 bits per heavy atom. The van der Waals surface area contributed by atoms with Crippen LogP contribution >= 0.6 is 0 Å². The van der Waals surface area contributed by atoms with Crippen molar-refractivity contribution in [3.8, 4) is 0 Å². The van der Waals surface area contributed by atoms with Crippen LogP contribution in [0.3, 0.4) is 0 Å². The van der Waals surface area contributed by atoms with Crippen LogP contribution in [0.4, 0.5) is 13.2 Å². The highest BCUT2D eigenvalue weighted by atomic mass is 19.4. The molecule has 1 rings (SSSR count). The molecule has 0 fully saturated rings. The van der Waals surface area contributed by atoms with Crippen LogP contribution in [-0.4, -0.2) is 23.5 Å². The quantitative estimate of drug-likeness (QED) is 0.686. The van der Waals surface area contributed by atoms with Crippen molar-refractivity contribution in [2.45, 2.75) is 45.9 Å². The summed E-state index contributed by atoms with van der Waals surface area (Å²) in [5.41, 5.74) is -1.56. The van der Waals surface area contributed by atoms with Crippen molar-refractivity contribution in [2.75, 3.05) is 0 Å². The van der Waals surface area contributed by atoms with Gasteiger partial charge in [-0.1, -0.05) is 5.57 Å². The number of hydrogen-bond donors (Lipinski definition) is 0. The Hall–Kier alpha value is -1.59. The van der Waals surface area contributed by atoms with Gasteiger partial charge >= 0.3 is 12.1 Å². The Labute approximate surface area is 109 Å². The molecule has 1 aliphatic heterocycles. The maximum absolute atomic E-state index is 12.7. The number of nitrogens with zero attached hydrogens (tertiary/aromatic N) is 1. The maximum atomic E-state index is 12.7. The highest BCUT2D eigenvalue weighted by Crippen LogP contribution is 2.29. The van der Waals surface area contributed by atoms with Gasteiger partial charge in [-0.05, 0) is 46.3 Å². The fraction of sp³-hybridized carbons (Fsp3) is 0.538. The summed E-state index contributed by atoms with van der Waals surface area (Å²) >= 11 is 0. The van der Waals surface area contributed by atoms with E-state index in [4.69, 9.17) is 4.74 Å². The molecule has 0 aromatic carbocycles. The summed E-state index contributed by atoms with van der Waals surface area (Å²) in [5.74, 6) is -0.857. The third kappa shape index (κ3) is 4.89. The molecule has 106 valence electrons. The second kappa shape index (κ2) is 5.19. The van der Waals surface area contributed by atoms with E-state index in [9.17, 15) is 18.0 Å². The molecule has 0 unspecified atom stereocenters. The summed E-state index contributed by atoms with van der Waals surface area (Å²) < 4.78 is 43.1. The molecule has 6 heteroatoms. The first-order valence-electron chi connectivity index (χ1n) is 5.75. The number of ether oxygens (including phenoxy) is 1. The Balaban J connectivity index is 3.09. The van der Waals surface area contributed by atoms with Gasteiger partial charge in [0.2, 0.25) is 0 Å². The molecule has 19 heavy (non-hydrogen) atoms. The number of aliphatic imine (C=N–C) groups is 1. The van der Waals surface area contributed by atoms with Gasteiger partial charge in [0.15, 0.2) is 0 Å². The minimum atomic E-state index is -4.58. The molecular formula is C13H16F3NO2. The summed E-state index contributed by atoms with van der Waals surface area (Å²) in [6.07, 6.45) is -2.19. The van der Waals surface area contributed by atoms with E-state index in [-0.39, 0.29) is 12.1 Å². The lowest BCUT2D eigenvalue weighted by Crippen LogP contribution is -2.28. The van der Waals surface area contributed by atoms with Gasteiger partial charge in [-0.15, -0.1) is 0 Å². The first kappa shape index (κ1) is 15.5. The van der Waals surface area contributed by atoms with Gasteiger partial charge in [-0.25, -0.2) is 9.79 Å². The van der Waals surface area contributed by atoms with Gasteiger partial charge < -0.3 is 4.74 Å². The zero-order valence-electron chi connectivity index (χ0n) is 11.3. The molecule has 0 saturated heterocycles. The van der Waals surface area contributed by atoms with Gasteiger partial charge in [-0.3, -0.25) is 0 Å². The monoisotopic (exact) mass is 275 g/mol. The third-order valence-electron chi connectivity index (χ3n) is 2.14. The number of carbonyl (C=O) groups is 1. The van der Waals surface area contributed by atoms with Crippen LogP contribution in [0, 0.1) is 0 Å². The molecule has 0 N–H and O–H groups in total. The number of esters is 1. The Morgan fingerprint density at radius 3 is 2.37 bits per heavy atom. The van der Waals surface area contributed by atoms with Crippen LogP contribution < -0.4 is 0 Å². The van der Waals surface area contributed by atoms with Gasteiger partial charge in [0.25, 0.3) is 0 Å². The highest BCUT2D eigenvalue weighted by molar-refractivity contribution is 6.41. The Kier molecular flexibility index (Phi) is 4.22. The second-order valence-electron chi connectivity index (χ2n) is 5.28. The van der Waals surface area contributed by atoms with Crippen molar-refractivity contribution < 1.29 is 22.7 Å². The van der Waals surface area contributed by atoms with Crippen molar-refractivity contribution in [2.24, 2.45) is 4.99 Å². The molecule has 0 spiro atoms. The minimum absolute atomic E-state index is 0.102. The van der Waals surface area contributed by atoms with E-state index in [2.05, 4.69) is 4.99 Å². The number of carbonyl (C=O) groups excluding carboxylic acids is 1. The molecule has 0 bridgehead atoms. The molecule has 0 radical (unpaired) electrons. The number of alkyl halides is 3. The van der Waals surface area contributed by atoms with E-state index in [0.29, 0.717) is 5.57 Å². The van der Waals surface area contributed by atoms with E-state index in [1.165, 1.54) is 6.08 Å². The van der Waals surface area contributed by atoms with Crippen molar-refractivity contribution in [1.82, 2.24) is 0 Å². The number of rotatable bonds is 1. The molecule has 0 atom stereocenters. The largest absolute Gasteiger partial charge is 0.455 e. The lowest BCUT2D eigenvalue weighted by atomic mass is 10.1. The average molecular weight is 275 g/mol. The maximum Gasteiger partial charge on any atom is 0.433 e. The lowest BCUT2D eigenvalue weighted by molar-refractivity contribution is -0.146. The topological polar surface area (TPSA) is 38.7 Å². The number of halogens is 3. The standard InChI is InChI=1S/C13H16F3NO2/c1-8-5-6-10(13(14,15)16)17-9(7-8)11(18)19-12(2,3)4/h6-7H,5H2,1-4H3. The molecule has 0 aromatic rings. The predicted octanol–water partition coefficient (Wildman–Crippen LogP) is 3.57. The number of allylic oxidation sites excluding steroid dienone is 3. The second-order valence-corrected chi connectivity index (χ2v) is 5.28. The molecule has 0 aromatic heterocycles. The summed E-state index contributed by atoms with van der Waals surface area (Å²) in [7, 11) is 0. The van der Waals surface area contributed by atoms with E-state index < -0.39 is 23.4 Å². The van der Waals surface area contributed by atoms with Gasteiger partial charge in [0, 0.05) is 0 Å². The van der Waals surface area contributed by atoms with E-state index in [1.807, 2.05) is 0 Å². The molecular weight excluding hydrogens is 259 g/mol. The van der Waals surface area contributed by atoms with Crippen LogP contribution in [0.15, 0.2) is 28.4 Å². The van der Waals surface area contributed by atoms with E-state index in [0.717, 1.165) is 6.08 Å². The predicted molar refractivity (Wildman–Crippen MR) is 65.8 cm³/mol. The Morgan fingerprint density at radius 2 is 1.89 bits per heavy atom. The number of hydrogen-bond acceptors (Lipinski definition) is 3. The molecule has 0 saturated carbocycles. The van der Waals surface area contributed by atoms with E-state index >= 15 is 0 Å². The molecule has 0 aliphatic carbocycles. The zero-order chi connectivity index (χ0) is 14.8. The SMILES string of the molecule is CC1=CC(C(=O)OC(C)(C)C)=NC(C(F)(F)F)=CC1. The first-order chi connectivity index (χ1) is 8.49. The normalized spacial score (nSPS) is 17.1. The van der Waals surface area contributed by atoms with Gasteiger partial charge in [0.1, 0.15) is 17.0 Å². The van der Waals surface area contributed by atoms with Crippen molar-refractivity contribution >= 4 is 11.7 Å². The van der Waals surface area contributed by atoms with E-state index in [1.54, 1.807) is 27.7 Å². The van der Waals surface area contributed by atoms with Crippen LogP contribution in [0.25, 0.3) is 0 Å². The summed E-state index contributed by atoms with van der Waals surface area (Å²) in [6, 6.07) is 0. The summed E-state index contributed by atoms with van der Waals surface area (Å²) in [4.78, 5) is 15.2. The molecule has 0 amide bonds. The smallest absolute Gasteiger partial charge is 0.433 e. The molecule has 1 heterocycles. The fourth-order valence-corrected chi connectivity index (χ4v) is 1.37. The summed E-state index contributed by atoms with van der Waals surface area (Å²) in [6.45, 7) is 6.55. The lowest BCUT2D eigenvalue weighted by Gasteiger charge is -2.19. The average Bonchev–Trinajstić information content (AvgIpc) is 2.36.